The Morgan fingerprint density at radius 1 is 1.30 bits per heavy atom. The van der Waals surface area contributed by atoms with Crippen LogP contribution in [0.3, 0.4) is 0 Å². The number of likely N-dealkylation sites (tertiary alicyclic amines) is 1. The summed E-state index contributed by atoms with van der Waals surface area (Å²) in [6, 6.07) is 0. The predicted octanol–water partition coefficient (Wildman–Crippen LogP) is 2.32. The number of Topliss-reactive ketones (excluding diaryl/α,β-unsaturated/α-hetero) is 1. The molecule has 110 valence electrons. The van der Waals surface area contributed by atoms with E-state index in [9.17, 15) is 4.79 Å². The van der Waals surface area contributed by atoms with Gasteiger partial charge in [-0.25, -0.2) is 9.97 Å². The van der Waals surface area contributed by atoms with Crippen LogP contribution in [0, 0.1) is 0 Å². The average molecular weight is 277 g/mol. The average Bonchev–Trinajstić information content (AvgIpc) is 2.54. The molecule has 0 amide bonds. The number of hydrogen-bond donors (Lipinski definition) is 0. The molecular formula is C15H23N3O2. The molecule has 5 nitrogen and oxygen atoms in total. The summed E-state index contributed by atoms with van der Waals surface area (Å²) in [6.07, 6.45) is 7.40. The fourth-order valence-corrected chi connectivity index (χ4v) is 2.80. The molecule has 0 radical (unpaired) electrons. The second-order valence-electron chi connectivity index (χ2n) is 5.42. The van der Waals surface area contributed by atoms with E-state index in [1.54, 1.807) is 12.4 Å². The predicted molar refractivity (Wildman–Crippen MR) is 77.0 cm³/mol. The van der Waals surface area contributed by atoms with Crippen LogP contribution in [0.1, 0.15) is 50.0 Å². The number of nitrogens with zero attached hydrogens (tertiary/aromatic N) is 3. The molecule has 1 saturated heterocycles. The molecule has 0 aliphatic carbocycles. The monoisotopic (exact) mass is 277 g/mol. The molecule has 1 unspecified atom stereocenters. The molecule has 5 heteroatoms. The van der Waals surface area contributed by atoms with Crippen LogP contribution in [0.5, 0.6) is 5.88 Å². The Morgan fingerprint density at radius 2 is 1.95 bits per heavy atom. The fraction of sp³-hybridized carbons (Fsp3) is 0.667. The Kier molecular flexibility index (Phi) is 4.70. The highest BCUT2D eigenvalue weighted by Gasteiger charge is 2.40. The number of carbonyl (C=O) groups excluding carboxylic acids is 1. The third-order valence-electron chi connectivity index (χ3n) is 4.30. The maximum atomic E-state index is 13.0. The summed E-state index contributed by atoms with van der Waals surface area (Å²) >= 11 is 0. The number of aromatic nitrogens is 2. The molecule has 0 saturated carbocycles. The van der Waals surface area contributed by atoms with Crippen LogP contribution in [0.2, 0.25) is 0 Å². The topological polar surface area (TPSA) is 55.3 Å². The molecular weight excluding hydrogens is 254 g/mol. The van der Waals surface area contributed by atoms with Crippen LogP contribution < -0.4 is 4.74 Å². The Balaban J connectivity index is 2.32. The number of carbonyl (C=O) groups is 1. The second-order valence-corrected chi connectivity index (χ2v) is 5.42. The third-order valence-corrected chi connectivity index (χ3v) is 4.30. The summed E-state index contributed by atoms with van der Waals surface area (Å²) in [7, 11) is 1.52. The first-order valence-electron chi connectivity index (χ1n) is 7.28. The summed E-state index contributed by atoms with van der Waals surface area (Å²) in [5.41, 5.74) is -0.186. The first kappa shape index (κ1) is 14.9. The maximum absolute atomic E-state index is 13.0. The van der Waals surface area contributed by atoms with Gasteiger partial charge >= 0.3 is 0 Å². The molecule has 0 spiro atoms. The number of piperidine rings is 1. The van der Waals surface area contributed by atoms with Crippen molar-refractivity contribution in [3.8, 4) is 5.88 Å². The van der Waals surface area contributed by atoms with Gasteiger partial charge in [-0.3, -0.25) is 9.69 Å². The van der Waals surface area contributed by atoms with E-state index in [4.69, 9.17) is 4.74 Å². The first-order chi connectivity index (χ1) is 9.63. The van der Waals surface area contributed by atoms with Crippen molar-refractivity contribution in [3.05, 3.63) is 18.1 Å². The fourth-order valence-electron chi connectivity index (χ4n) is 2.80. The van der Waals surface area contributed by atoms with Crippen LogP contribution in [0.25, 0.3) is 0 Å². The maximum Gasteiger partial charge on any atom is 0.243 e. The van der Waals surface area contributed by atoms with Crippen molar-refractivity contribution in [3.63, 3.8) is 0 Å². The van der Waals surface area contributed by atoms with Gasteiger partial charge in [-0.15, -0.1) is 0 Å². The Bertz CT molecular complexity index is 472. The van der Waals surface area contributed by atoms with Crippen molar-refractivity contribution in [2.24, 2.45) is 0 Å². The van der Waals surface area contributed by atoms with E-state index in [1.807, 2.05) is 6.92 Å². The summed E-state index contributed by atoms with van der Waals surface area (Å²) in [6.45, 7) is 6.00. The highest BCUT2D eigenvalue weighted by Crippen LogP contribution is 2.29. The molecule has 1 aromatic heterocycles. The lowest BCUT2D eigenvalue weighted by molar-refractivity contribution is 0.0496. The zero-order chi connectivity index (χ0) is 14.6. The highest BCUT2D eigenvalue weighted by molar-refractivity contribution is 6.03. The second kappa shape index (κ2) is 6.31. The summed E-state index contributed by atoms with van der Waals surface area (Å²) in [5.74, 6) is 0.320. The first-order valence-corrected chi connectivity index (χ1v) is 7.28. The molecule has 1 atom stereocenters. The number of ketones is 1. The van der Waals surface area contributed by atoms with Gasteiger partial charge in [0.2, 0.25) is 11.7 Å². The molecule has 1 fully saturated rings. The van der Waals surface area contributed by atoms with Crippen LogP contribution in [-0.4, -0.2) is 46.4 Å². The largest absolute Gasteiger partial charge is 0.479 e. The Labute approximate surface area is 120 Å². The molecule has 0 aromatic carbocycles. The minimum absolute atomic E-state index is 0.00634. The summed E-state index contributed by atoms with van der Waals surface area (Å²) in [5, 5.41) is 0. The molecule has 1 aromatic rings. The van der Waals surface area contributed by atoms with Crippen molar-refractivity contribution in [1.29, 1.82) is 0 Å². The lowest BCUT2D eigenvalue weighted by atomic mass is 9.87. The van der Waals surface area contributed by atoms with Gasteiger partial charge in [0.15, 0.2) is 5.69 Å². The zero-order valence-corrected chi connectivity index (χ0v) is 12.6. The van der Waals surface area contributed by atoms with E-state index >= 15 is 0 Å². The van der Waals surface area contributed by atoms with Crippen molar-refractivity contribution >= 4 is 5.78 Å². The van der Waals surface area contributed by atoms with Gasteiger partial charge in [-0.05, 0) is 39.3 Å². The normalized spacial score (nSPS) is 19.4. The van der Waals surface area contributed by atoms with Crippen LogP contribution in [0.15, 0.2) is 12.4 Å². The van der Waals surface area contributed by atoms with E-state index in [2.05, 4.69) is 21.8 Å². The highest BCUT2D eigenvalue weighted by atomic mass is 16.5. The van der Waals surface area contributed by atoms with Crippen molar-refractivity contribution in [2.45, 2.75) is 45.1 Å². The molecule has 1 aliphatic heterocycles. The quantitative estimate of drug-likeness (QED) is 0.773. The van der Waals surface area contributed by atoms with Crippen molar-refractivity contribution in [2.75, 3.05) is 20.2 Å². The molecule has 2 heterocycles. The van der Waals surface area contributed by atoms with Gasteiger partial charge in [0.05, 0.1) is 12.6 Å². The SMILES string of the molecule is CCC(C)(C(=O)c1nccnc1OC)N1CCCCC1. The smallest absolute Gasteiger partial charge is 0.243 e. The number of methoxy groups -OCH3 is 1. The van der Waals surface area contributed by atoms with Gasteiger partial charge in [0, 0.05) is 12.4 Å². The van der Waals surface area contributed by atoms with E-state index in [0.29, 0.717) is 11.6 Å². The molecule has 0 N–H and O–H groups in total. The number of rotatable bonds is 5. The number of hydrogen-bond acceptors (Lipinski definition) is 5. The lowest BCUT2D eigenvalue weighted by Crippen LogP contribution is -2.54. The Morgan fingerprint density at radius 3 is 2.55 bits per heavy atom. The van der Waals surface area contributed by atoms with E-state index in [1.165, 1.54) is 13.5 Å². The van der Waals surface area contributed by atoms with Crippen LogP contribution in [-0.2, 0) is 0 Å². The summed E-state index contributed by atoms with van der Waals surface area (Å²) in [4.78, 5) is 23.5. The molecule has 0 bridgehead atoms. The van der Waals surface area contributed by atoms with Crippen molar-refractivity contribution in [1.82, 2.24) is 14.9 Å². The minimum atomic E-state index is -0.524. The van der Waals surface area contributed by atoms with E-state index in [-0.39, 0.29) is 5.78 Å². The van der Waals surface area contributed by atoms with Gasteiger partial charge in [0.1, 0.15) is 0 Å². The van der Waals surface area contributed by atoms with Gasteiger partial charge < -0.3 is 4.74 Å². The zero-order valence-electron chi connectivity index (χ0n) is 12.6. The molecule has 1 aliphatic rings. The molecule has 20 heavy (non-hydrogen) atoms. The number of ether oxygens (including phenoxy) is 1. The third kappa shape index (κ3) is 2.68. The van der Waals surface area contributed by atoms with Gasteiger partial charge in [-0.1, -0.05) is 13.3 Å². The van der Waals surface area contributed by atoms with Gasteiger partial charge in [-0.2, -0.15) is 0 Å². The summed E-state index contributed by atoms with van der Waals surface area (Å²) < 4.78 is 5.18. The van der Waals surface area contributed by atoms with E-state index < -0.39 is 5.54 Å². The Hall–Kier alpha value is -1.49. The van der Waals surface area contributed by atoms with Crippen LogP contribution >= 0.6 is 0 Å². The van der Waals surface area contributed by atoms with E-state index in [0.717, 1.165) is 32.4 Å². The standard InChI is InChI=1S/C15H23N3O2/c1-4-15(2,18-10-6-5-7-11-18)13(19)12-14(20-3)17-9-8-16-12/h8-9H,4-7,10-11H2,1-3H3. The minimum Gasteiger partial charge on any atom is -0.479 e. The van der Waals surface area contributed by atoms with Crippen molar-refractivity contribution < 1.29 is 9.53 Å². The lowest BCUT2D eigenvalue weighted by Gasteiger charge is -2.41. The van der Waals surface area contributed by atoms with Crippen LogP contribution in [0.4, 0.5) is 0 Å². The van der Waals surface area contributed by atoms with Gasteiger partial charge in [0.25, 0.3) is 0 Å². The molecule has 2 rings (SSSR count).